The van der Waals surface area contributed by atoms with E-state index in [4.69, 9.17) is 0 Å². The predicted octanol–water partition coefficient (Wildman–Crippen LogP) is 1.57. The van der Waals surface area contributed by atoms with Crippen molar-refractivity contribution in [3.05, 3.63) is 48.3 Å². The van der Waals surface area contributed by atoms with Crippen molar-refractivity contribution in [2.45, 2.75) is 19.9 Å². The quantitative estimate of drug-likeness (QED) is 0.664. The zero-order valence-corrected chi connectivity index (χ0v) is 10.5. The average Bonchev–Trinajstić information content (AvgIpc) is 3.04. The molecule has 0 aliphatic carbocycles. The molecule has 0 radical (unpaired) electrons. The topological polar surface area (TPSA) is 65.1 Å². The van der Waals surface area contributed by atoms with Gasteiger partial charge in [0.2, 0.25) is 5.78 Å². The Hall–Kier alpha value is -2.50. The lowest BCUT2D eigenvalue weighted by Crippen LogP contribution is -2.11. The third-order valence-electron chi connectivity index (χ3n) is 2.95. The lowest BCUT2D eigenvalue weighted by molar-refractivity contribution is 0.103. The standard InChI is InChI=1S/C13H13N5O/c1-2-6-17-11(3-4-15-17)13(19)10-8-16-18-7-5-14-9-12(10)18/h3-5,7-9H,2,6H2,1H3. The number of aryl methyl sites for hydroxylation is 1. The lowest BCUT2D eigenvalue weighted by Gasteiger charge is -2.04. The molecule has 19 heavy (non-hydrogen) atoms. The maximum absolute atomic E-state index is 12.5. The maximum Gasteiger partial charge on any atom is 0.214 e. The summed E-state index contributed by atoms with van der Waals surface area (Å²) >= 11 is 0. The van der Waals surface area contributed by atoms with Gasteiger partial charge in [-0.25, -0.2) is 4.52 Å². The van der Waals surface area contributed by atoms with Crippen molar-refractivity contribution in [3.8, 4) is 0 Å². The molecule has 0 bridgehead atoms. The number of hydrogen-bond donors (Lipinski definition) is 0. The van der Waals surface area contributed by atoms with Crippen LogP contribution < -0.4 is 0 Å². The summed E-state index contributed by atoms with van der Waals surface area (Å²) in [6.07, 6.45) is 9.14. The Balaban J connectivity index is 2.06. The molecule has 6 nitrogen and oxygen atoms in total. The molecule has 0 spiro atoms. The van der Waals surface area contributed by atoms with Crippen molar-refractivity contribution in [2.24, 2.45) is 0 Å². The molecule has 3 heterocycles. The minimum Gasteiger partial charge on any atom is -0.287 e. The Morgan fingerprint density at radius 3 is 3.00 bits per heavy atom. The zero-order chi connectivity index (χ0) is 13.2. The van der Waals surface area contributed by atoms with Crippen LogP contribution in [0.25, 0.3) is 5.52 Å². The van der Waals surface area contributed by atoms with Gasteiger partial charge in [-0.3, -0.25) is 14.5 Å². The Bertz CT molecular complexity index is 727. The molecular formula is C13H13N5O. The van der Waals surface area contributed by atoms with Gasteiger partial charge >= 0.3 is 0 Å². The summed E-state index contributed by atoms with van der Waals surface area (Å²) in [7, 11) is 0. The Kier molecular flexibility index (Phi) is 2.83. The SMILES string of the molecule is CCCn1nccc1C(=O)c1cnn2ccncc12. The van der Waals surface area contributed by atoms with E-state index in [0.29, 0.717) is 16.8 Å². The van der Waals surface area contributed by atoms with Crippen molar-refractivity contribution >= 4 is 11.3 Å². The molecule has 3 rings (SSSR count). The van der Waals surface area contributed by atoms with E-state index in [-0.39, 0.29) is 5.78 Å². The van der Waals surface area contributed by atoms with Crippen LogP contribution in [0.5, 0.6) is 0 Å². The van der Waals surface area contributed by atoms with Gasteiger partial charge in [0.1, 0.15) is 5.69 Å². The monoisotopic (exact) mass is 255 g/mol. The summed E-state index contributed by atoms with van der Waals surface area (Å²) in [6.45, 7) is 2.78. The molecule has 0 amide bonds. The molecule has 0 fully saturated rings. The zero-order valence-electron chi connectivity index (χ0n) is 10.5. The van der Waals surface area contributed by atoms with Crippen LogP contribution >= 0.6 is 0 Å². The van der Waals surface area contributed by atoms with Crippen molar-refractivity contribution in [1.82, 2.24) is 24.4 Å². The number of ketones is 1. The second-order valence-electron chi connectivity index (χ2n) is 4.23. The summed E-state index contributed by atoms with van der Waals surface area (Å²) in [4.78, 5) is 16.6. The highest BCUT2D eigenvalue weighted by Crippen LogP contribution is 2.14. The van der Waals surface area contributed by atoms with E-state index >= 15 is 0 Å². The third kappa shape index (κ3) is 1.91. The summed E-state index contributed by atoms with van der Waals surface area (Å²) < 4.78 is 3.36. The Morgan fingerprint density at radius 2 is 2.16 bits per heavy atom. The fraction of sp³-hybridized carbons (Fsp3) is 0.231. The molecular weight excluding hydrogens is 242 g/mol. The van der Waals surface area contributed by atoms with Crippen LogP contribution in [0.1, 0.15) is 29.4 Å². The third-order valence-corrected chi connectivity index (χ3v) is 2.95. The molecule has 0 aromatic carbocycles. The Morgan fingerprint density at radius 1 is 1.26 bits per heavy atom. The smallest absolute Gasteiger partial charge is 0.214 e. The van der Waals surface area contributed by atoms with E-state index in [1.165, 1.54) is 0 Å². The van der Waals surface area contributed by atoms with Crippen LogP contribution in [0.2, 0.25) is 0 Å². The molecule has 96 valence electrons. The van der Waals surface area contributed by atoms with Crippen LogP contribution in [-0.2, 0) is 6.54 Å². The van der Waals surface area contributed by atoms with E-state index in [1.54, 1.807) is 46.2 Å². The first-order chi connectivity index (χ1) is 9.31. The number of carbonyl (C=O) groups excluding carboxylic acids is 1. The highest BCUT2D eigenvalue weighted by Gasteiger charge is 2.18. The summed E-state index contributed by atoms with van der Waals surface area (Å²) in [5.41, 5.74) is 1.84. The van der Waals surface area contributed by atoms with Crippen molar-refractivity contribution in [1.29, 1.82) is 0 Å². The minimum absolute atomic E-state index is 0.0750. The van der Waals surface area contributed by atoms with Gasteiger partial charge in [-0.15, -0.1) is 0 Å². The van der Waals surface area contributed by atoms with Gasteiger partial charge in [0, 0.05) is 25.1 Å². The van der Waals surface area contributed by atoms with Crippen LogP contribution in [-0.4, -0.2) is 30.2 Å². The number of fused-ring (bicyclic) bond motifs is 1. The van der Waals surface area contributed by atoms with E-state index in [2.05, 4.69) is 22.1 Å². The van der Waals surface area contributed by atoms with Gasteiger partial charge in [-0.05, 0) is 12.5 Å². The fourth-order valence-electron chi connectivity index (χ4n) is 2.06. The van der Waals surface area contributed by atoms with Crippen molar-refractivity contribution in [2.75, 3.05) is 0 Å². The van der Waals surface area contributed by atoms with E-state index in [1.807, 2.05) is 0 Å². The Labute approximate surface area is 109 Å². The van der Waals surface area contributed by atoms with E-state index < -0.39 is 0 Å². The largest absolute Gasteiger partial charge is 0.287 e. The molecule has 0 N–H and O–H groups in total. The minimum atomic E-state index is -0.0750. The maximum atomic E-state index is 12.5. The van der Waals surface area contributed by atoms with Gasteiger partial charge in [0.25, 0.3) is 0 Å². The molecule has 3 aromatic rings. The molecule has 0 unspecified atom stereocenters. The molecule has 0 saturated heterocycles. The number of hydrogen-bond acceptors (Lipinski definition) is 4. The number of aromatic nitrogens is 5. The second-order valence-corrected chi connectivity index (χ2v) is 4.23. The number of carbonyl (C=O) groups is 1. The van der Waals surface area contributed by atoms with Gasteiger partial charge in [-0.2, -0.15) is 10.2 Å². The summed E-state index contributed by atoms with van der Waals surface area (Å²) in [5.74, 6) is -0.0750. The average molecular weight is 255 g/mol. The summed E-state index contributed by atoms with van der Waals surface area (Å²) in [5, 5.41) is 8.32. The van der Waals surface area contributed by atoms with Gasteiger partial charge in [0.15, 0.2) is 0 Å². The van der Waals surface area contributed by atoms with Crippen LogP contribution in [0.3, 0.4) is 0 Å². The van der Waals surface area contributed by atoms with Crippen LogP contribution in [0, 0.1) is 0 Å². The molecule has 0 atom stereocenters. The molecule has 0 aliphatic rings. The van der Waals surface area contributed by atoms with Crippen LogP contribution in [0.15, 0.2) is 37.1 Å². The first-order valence-electron chi connectivity index (χ1n) is 6.15. The van der Waals surface area contributed by atoms with Crippen LogP contribution in [0.4, 0.5) is 0 Å². The van der Waals surface area contributed by atoms with Crippen molar-refractivity contribution in [3.63, 3.8) is 0 Å². The van der Waals surface area contributed by atoms with Gasteiger partial charge < -0.3 is 0 Å². The lowest BCUT2D eigenvalue weighted by atomic mass is 10.1. The predicted molar refractivity (Wildman–Crippen MR) is 68.9 cm³/mol. The highest BCUT2D eigenvalue weighted by atomic mass is 16.1. The van der Waals surface area contributed by atoms with Gasteiger partial charge in [-0.1, -0.05) is 6.92 Å². The molecule has 6 heteroatoms. The second kappa shape index (κ2) is 4.64. The molecule has 0 saturated carbocycles. The number of rotatable bonds is 4. The molecule has 0 aliphatic heterocycles. The fourth-order valence-corrected chi connectivity index (χ4v) is 2.06. The van der Waals surface area contributed by atoms with E-state index in [0.717, 1.165) is 13.0 Å². The highest BCUT2D eigenvalue weighted by molar-refractivity contribution is 6.11. The summed E-state index contributed by atoms with van der Waals surface area (Å²) in [6, 6.07) is 1.73. The number of nitrogens with zero attached hydrogens (tertiary/aromatic N) is 5. The van der Waals surface area contributed by atoms with Gasteiger partial charge in [0.05, 0.1) is 23.5 Å². The molecule has 3 aromatic heterocycles. The first kappa shape index (κ1) is 11.6. The normalized spacial score (nSPS) is 11.0. The first-order valence-corrected chi connectivity index (χ1v) is 6.15. The van der Waals surface area contributed by atoms with E-state index in [9.17, 15) is 4.79 Å². The van der Waals surface area contributed by atoms with Crippen molar-refractivity contribution < 1.29 is 4.79 Å².